The molecular weight excluding hydrogens is 211 g/mol. The lowest BCUT2D eigenvalue weighted by Crippen LogP contribution is -2.14. The van der Waals surface area contributed by atoms with Crippen LogP contribution in [0.1, 0.15) is 17.3 Å². The second kappa shape index (κ2) is 7.09. The Kier molecular flexibility index (Phi) is 8.26. The molecule has 0 saturated heterocycles. The Morgan fingerprint density at radius 3 is 2.46 bits per heavy atom. The molecule has 0 fully saturated rings. The summed E-state index contributed by atoms with van der Waals surface area (Å²) in [5.74, 6) is 0. The number of nitrogens with zero attached hydrogens (tertiary/aromatic N) is 1. The maximum Gasteiger partial charge on any atom is 0.0624 e. The highest BCUT2D eigenvalue weighted by Gasteiger charge is 2.02. The van der Waals surface area contributed by atoms with Crippen LogP contribution in [0.2, 0.25) is 0 Å². The van der Waals surface area contributed by atoms with E-state index in [0.717, 1.165) is 11.3 Å². The molecule has 0 bridgehead atoms. The Bertz CT molecular complexity index is 228. The van der Waals surface area contributed by atoms with Crippen molar-refractivity contribution < 1.29 is 5.11 Å². The minimum absolute atomic E-state index is 0. The number of nitrogens with two attached hydrogens (primary N) is 1. The van der Waals surface area contributed by atoms with E-state index in [4.69, 9.17) is 10.8 Å². The van der Waals surface area contributed by atoms with Crippen LogP contribution in [0.4, 0.5) is 0 Å². The molecule has 0 unspecified atom stereocenters. The number of hydrogen-bond acceptors (Lipinski definition) is 3. The smallest absolute Gasteiger partial charge is 0.0624 e. The molecule has 3 N–H and O–H groups in total. The van der Waals surface area contributed by atoms with E-state index in [1.54, 1.807) is 6.20 Å². The number of hydrogen-bond donors (Lipinski definition) is 2. The summed E-state index contributed by atoms with van der Waals surface area (Å²) in [6, 6.07) is 3.46. The largest absolute Gasteiger partial charge is 0.394 e. The third-order valence-corrected chi connectivity index (χ3v) is 1.56. The predicted octanol–water partition coefficient (Wildman–Crippen LogP) is 1.23. The molecule has 1 aromatic heterocycles. The molecule has 0 spiro atoms. The molecule has 0 saturated carbocycles. The van der Waals surface area contributed by atoms with Crippen LogP contribution in [0.5, 0.6) is 0 Å². The van der Waals surface area contributed by atoms with Crippen LogP contribution >= 0.6 is 24.8 Å². The van der Waals surface area contributed by atoms with Crippen molar-refractivity contribution in [3.63, 3.8) is 0 Å². The molecule has 0 radical (unpaired) electrons. The molecule has 1 rings (SSSR count). The number of aliphatic hydroxyl groups is 1. The Balaban J connectivity index is 0. The van der Waals surface area contributed by atoms with Crippen LogP contribution in [-0.2, 0) is 0 Å². The number of aromatic nitrogens is 1. The molecular formula is C8H14Cl2N2O. The molecule has 1 heterocycles. The standard InChI is InChI=1S/C8H12N2O.2ClH/c1-6-2-3-7(4-10-6)8(9)5-11;;/h2-4,8,11H,5,9H2,1H3;2*1H/t8-;;/m0../s1. The number of rotatable bonds is 2. The molecule has 3 nitrogen and oxygen atoms in total. The fraction of sp³-hybridized carbons (Fsp3) is 0.375. The van der Waals surface area contributed by atoms with Crippen LogP contribution < -0.4 is 5.73 Å². The summed E-state index contributed by atoms with van der Waals surface area (Å²) >= 11 is 0. The Morgan fingerprint density at radius 2 is 2.08 bits per heavy atom. The van der Waals surface area contributed by atoms with Gasteiger partial charge < -0.3 is 10.8 Å². The number of halogens is 2. The maximum atomic E-state index is 8.70. The van der Waals surface area contributed by atoms with Gasteiger partial charge in [0.2, 0.25) is 0 Å². The van der Waals surface area contributed by atoms with Gasteiger partial charge in [-0.05, 0) is 18.6 Å². The molecule has 5 heteroatoms. The lowest BCUT2D eigenvalue weighted by atomic mass is 10.1. The molecule has 0 aromatic carbocycles. The summed E-state index contributed by atoms with van der Waals surface area (Å²) in [6.07, 6.45) is 1.69. The molecule has 0 amide bonds. The molecule has 0 aliphatic rings. The van der Waals surface area contributed by atoms with E-state index < -0.39 is 0 Å². The van der Waals surface area contributed by atoms with Crippen LogP contribution in [0.3, 0.4) is 0 Å². The van der Waals surface area contributed by atoms with Crippen molar-refractivity contribution in [3.05, 3.63) is 29.6 Å². The van der Waals surface area contributed by atoms with Gasteiger partial charge in [-0.15, -0.1) is 24.8 Å². The molecule has 1 aromatic rings. The zero-order valence-corrected chi connectivity index (χ0v) is 8.94. The normalized spacial score (nSPS) is 11.0. The first-order valence-corrected chi connectivity index (χ1v) is 3.53. The molecule has 13 heavy (non-hydrogen) atoms. The summed E-state index contributed by atoms with van der Waals surface area (Å²) in [6.45, 7) is 1.87. The van der Waals surface area contributed by atoms with Gasteiger partial charge in [0, 0.05) is 11.9 Å². The van der Waals surface area contributed by atoms with Crippen LogP contribution in [-0.4, -0.2) is 16.7 Å². The number of aliphatic hydroxyl groups excluding tert-OH is 1. The van der Waals surface area contributed by atoms with E-state index in [0.29, 0.717) is 0 Å². The highest BCUT2D eigenvalue weighted by molar-refractivity contribution is 5.85. The maximum absolute atomic E-state index is 8.70. The molecule has 0 aliphatic carbocycles. The average Bonchev–Trinajstić information content (AvgIpc) is 2.05. The van der Waals surface area contributed by atoms with Crippen molar-refractivity contribution in [1.29, 1.82) is 0 Å². The first kappa shape index (κ1) is 15.1. The fourth-order valence-corrected chi connectivity index (χ4v) is 0.804. The van der Waals surface area contributed by atoms with Crippen molar-refractivity contribution in [2.45, 2.75) is 13.0 Å². The van der Waals surface area contributed by atoms with Crippen LogP contribution in [0.25, 0.3) is 0 Å². The Morgan fingerprint density at radius 1 is 1.46 bits per heavy atom. The van der Waals surface area contributed by atoms with E-state index >= 15 is 0 Å². The van der Waals surface area contributed by atoms with E-state index in [1.165, 1.54) is 0 Å². The summed E-state index contributed by atoms with van der Waals surface area (Å²) in [5.41, 5.74) is 7.38. The summed E-state index contributed by atoms with van der Waals surface area (Å²) < 4.78 is 0. The summed E-state index contributed by atoms with van der Waals surface area (Å²) in [5, 5.41) is 8.70. The zero-order valence-electron chi connectivity index (χ0n) is 7.30. The van der Waals surface area contributed by atoms with Crippen molar-refractivity contribution in [3.8, 4) is 0 Å². The quantitative estimate of drug-likeness (QED) is 0.795. The van der Waals surface area contributed by atoms with E-state index in [9.17, 15) is 0 Å². The summed E-state index contributed by atoms with van der Waals surface area (Å²) in [7, 11) is 0. The van der Waals surface area contributed by atoms with Crippen molar-refractivity contribution in [2.75, 3.05) is 6.61 Å². The highest BCUT2D eigenvalue weighted by atomic mass is 35.5. The fourth-order valence-electron chi connectivity index (χ4n) is 0.804. The van der Waals surface area contributed by atoms with Gasteiger partial charge in [0.05, 0.1) is 12.6 Å². The second-order valence-corrected chi connectivity index (χ2v) is 2.52. The molecule has 1 atom stereocenters. The van der Waals surface area contributed by atoms with Gasteiger partial charge in [0.1, 0.15) is 0 Å². The van der Waals surface area contributed by atoms with E-state index in [-0.39, 0.29) is 37.5 Å². The monoisotopic (exact) mass is 224 g/mol. The van der Waals surface area contributed by atoms with Gasteiger partial charge in [-0.3, -0.25) is 4.98 Å². The minimum Gasteiger partial charge on any atom is -0.394 e. The zero-order chi connectivity index (χ0) is 8.27. The SMILES string of the molecule is Cc1ccc([C@@H](N)CO)cn1.Cl.Cl. The van der Waals surface area contributed by atoms with E-state index in [1.807, 2.05) is 19.1 Å². The van der Waals surface area contributed by atoms with Crippen molar-refractivity contribution in [2.24, 2.45) is 5.73 Å². The lowest BCUT2D eigenvalue weighted by Gasteiger charge is -2.06. The first-order chi connectivity index (χ1) is 5.24. The lowest BCUT2D eigenvalue weighted by molar-refractivity contribution is 0.268. The van der Waals surface area contributed by atoms with Gasteiger partial charge in [-0.2, -0.15) is 0 Å². The third-order valence-electron chi connectivity index (χ3n) is 1.56. The van der Waals surface area contributed by atoms with Crippen LogP contribution in [0, 0.1) is 6.92 Å². The Hall–Kier alpha value is -0.350. The molecule has 0 aliphatic heterocycles. The molecule has 76 valence electrons. The average molecular weight is 225 g/mol. The highest BCUT2D eigenvalue weighted by Crippen LogP contribution is 2.07. The van der Waals surface area contributed by atoms with Gasteiger partial charge in [-0.25, -0.2) is 0 Å². The van der Waals surface area contributed by atoms with Gasteiger partial charge in [0.25, 0.3) is 0 Å². The third kappa shape index (κ3) is 4.43. The van der Waals surface area contributed by atoms with Crippen molar-refractivity contribution >= 4 is 24.8 Å². The minimum atomic E-state index is -0.303. The summed E-state index contributed by atoms with van der Waals surface area (Å²) in [4.78, 5) is 4.06. The van der Waals surface area contributed by atoms with Gasteiger partial charge >= 0.3 is 0 Å². The van der Waals surface area contributed by atoms with E-state index in [2.05, 4.69) is 4.98 Å². The topological polar surface area (TPSA) is 59.1 Å². The number of aryl methyl sites for hydroxylation is 1. The predicted molar refractivity (Wildman–Crippen MR) is 57.5 cm³/mol. The number of pyridine rings is 1. The van der Waals surface area contributed by atoms with Gasteiger partial charge in [-0.1, -0.05) is 6.07 Å². The van der Waals surface area contributed by atoms with Crippen LogP contribution in [0.15, 0.2) is 18.3 Å². The first-order valence-electron chi connectivity index (χ1n) is 3.53. The Labute approximate surface area is 90.2 Å². The van der Waals surface area contributed by atoms with Gasteiger partial charge in [0.15, 0.2) is 0 Å². The second-order valence-electron chi connectivity index (χ2n) is 2.52. The van der Waals surface area contributed by atoms with Crippen molar-refractivity contribution in [1.82, 2.24) is 4.98 Å².